The molecule has 5 heteroatoms. The van der Waals surface area contributed by atoms with Crippen molar-refractivity contribution in [3.05, 3.63) is 29.8 Å². The number of hydrazone groups is 1. The van der Waals surface area contributed by atoms with Gasteiger partial charge in [0.25, 0.3) is 0 Å². The third-order valence-electron chi connectivity index (χ3n) is 2.08. The van der Waals surface area contributed by atoms with Gasteiger partial charge in [-0.2, -0.15) is 5.10 Å². The quantitative estimate of drug-likeness (QED) is 0.480. The topological polar surface area (TPSA) is 58.5 Å². The molecule has 0 aliphatic heterocycles. The molecule has 4 nitrogen and oxygen atoms in total. The summed E-state index contributed by atoms with van der Waals surface area (Å²) >= 11 is 0. The van der Waals surface area contributed by atoms with Gasteiger partial charge in [0.15, 0.2) is 9.84 Å². The van der Waals surface area contributed by atoms with E-state index in [2.05, 4.69) is 10.5 Å². The first-order valence-corrected chi connectivity index (χ1v) is 6.71. The van der Waals surface area contributed by atoms with Gasteiger partial charge in [-0.05, 0) is 26.0 Å². The smallest absolute Gasteiger partial charge is 0.180 e. The van der Waals surface area contributed by atoms with Crippen molar-refractivity contribution < 1.29 is 8.42 Å². The minimum Gasteiger partial charge on any atom is -0.309 e. The maximum atomic E-state index is 11.8. The maximum absolute atomic E-state index is 11.8. The molecule has 0 fully saturated rings. The Balaban J connectivity index is 2.67. The highest BCUT2D eigenvalue weighted by molar-refractivity contribution is 7.91. The second-order valence-corrected chi connectivity index (χ2v) is 5.54. The number of rotatable bonds is 5. The van der Waals surface area contributed by atoms with E-state index in [0.29, 0.717) is 11.4 Å². The lowest BCUT2D eigenvalue weighted by Crippen LogP contribution is -2.19. The molecule has 88 valence electrons. The van der Waals surface area contributed by atoms with Gasteiger partial charge < -0.3 is 5.43 Å². The summed E-state index contributed by atoms with van der Waals surface area (Å²) in [7, 11) is -3.19. The minimum absolute atomic E-state index is 0.0490. The van der Waals surface area contributed by atoms with Crippen LogP contribution in [0.25, 0.3) is 0 Å². The Kier molecular flexibility index (Phi) is 4.49. The minimum atomic E-state index is -3.19. The van der Waals surface area contributed by atoms with Crippen molar-refractivity contribution in [1.29, 1.82) is 0 Å². The Morgan fingerprint density at radius 1 is 1.31 bits per heavy atom. The predicted molar refractivity (Wildman–Crippen MR) is 65.4 cm³/mol. The van der Waals surface area contributed by atoms with Crippen molar-refractivity contribution in [2.75, 3.05) is 12.3 Å². The molecular formula is C11H16N2O2S. The molecule has 1 aromatic rings. The molecule has 0 saturated heterocycles. The zero-order valence-corrected chi connectivity index (χ0v) is 10.3. The Labute approximate surface area is 96.3 Å². The van der Waals surface area contributed by atoms with Crippen molar-refractivity contribution in [1.82, 2.24) is 5.43 Å². The summed E-state index contributed by atoms with van der Waals surface area (Å²) in [6, 6.07) is 6.86. The van der Waals surface area contributed by atoms with Crippen LogP contribution in [0.1, 0.15) is 12.5 Å². The van der Waals surface area contributed by atoms with Crippen molar-refractivity contribution >= 4 is 16.1 Å². The second-order valence-electron chi connectivity index (χ2n) is 3.43. The molecule has 16 heavy (non-hydrogen) atoms. The number of hydrogen-bond acceptors (Lipinski definition) is 4. The van der Waals surface area contributed by atoms with Crippen molar-refractivity contribution in [3.63, 3.8) is 0 Å². The molecule has 0 spiro atoms. The average molecular weight is 240 g/mol. The summed E-state index contributed by atoms with van der Waals surface area (Å²) in [5, 5.41) is 3.74. The lowest BCUT2D eigenvalue weighted by atomic mass is 10.2. The molecule has 0 aliphatic rings. The Hall–Kier alpha value is -1.36. The normalized spacial score (nSPS) is 11.9. The van der Waals surface area contributed by atoms with Gasteiger partial charge in [0, 0.05) is 12.8 Å². The van der Waals surface area contributed by atoms with E-state index >= 15 is 0 Å². The van der Waals surface area contributed by atoms with Crippen LogP contribution in [0.4, 0.5) is 0 Å². The van der Waals surface area contributed by atoms with Crippen LogP contribution in [0.15, 0.2) is 34.3 Å². The molecule has 0 radical (unpaired) electrons. The fourth-order valence-electron chi connectivity index (χ4n) is 1.20. The van der Waals surface area contributed by atoms with Gasteiger partial charge in [-0.1, -0.05) is 17.7 Å². The lowest BCUT2D eigenvalue weighted by Gasteiger charge is -2.04. The number of sulfone groups is 1. The van der Waals surface area contributed by atoms with Crippen molar-refractivity contribution in [2.24, 2.45) is 5.10 Å². The fourth-order valence-corrected chi connectivity index (χ4v) is 2.35. The third-order valence-corrected chi connectivity index (χ3v) is 3.82. The molecule has 1 N–H and O–H groups in total. The molecule has 1 aromatic carbocycles. The summed E-state index contributed by atoms with van der Waals surface area (Å²) in [6.07, 6.45) is 1.58. The van der Waals surface area contributed by atoms with Crippen LogP contribution in [0.2, 0.25) is 0 Å². The molecule has 0 aromatic heterocycles. The zero-order valence-electron chi connectivity index (χ0n) is 9.47. The van der Waals surface area contributed by atoms with Gasteiger partial charge >= 0.3 is 0 Å². The lowest BCUT2D eigenvalue weighted by molar-refractivity contribution is 0.592. The molecule has 0 heterocycles. The van der Waals surface area contributed by atoms with E-state index in [1.807, 2.05) is 6.92 Å². The van der Waals surface area contributed by atoms with Gasteiger partial charge in [-0.3, -0.25) is 0 Å². The predicted octanol–water partition coefficient (Wildman–Crippen LogP) is 1.36. The Morgan fingerprint density at radius 3 is 2.50 bits per heavy atom. The summed E-state index contributed by atoms with van der Waals surface area (Å²) < 4.78 is 23.6. The zero-order chi connectivity index (χ0) is 12.0. The van der Waals surface area contributed by atoms with Crippen LogP contribution in [0, 0.1) is 6.92 Å². The Bertz CT molecular complexity index is 449. The number of benzene rings is 1. The van der Waals surface area contributed by atoms with Crippen LogP contribution in [-0.2, 0) is 9.84 Å². The first-order valence-electron chi connectivity index (χ1n) is 5.06. The summed E-state index contributed by atoms with van der Waals surface area (Å²) in [6.45, 7) is 4.01. The van der Waals surface area contributed by atoms with Gasteiger partial charge in [-0.25, -0.2) is 8.42 Å². The maximum Gasteiger partial charge on any atom is 0.180 e. The van der Waals surface area contributed by atoms with E-state index in [0.717, 1.165) is 5.56 Å². The molecule has 0 bridgehead atoms. The average Bonchev–Trinajstić information content (AvgIpc) is 2.25. The van der Waals surface area contributed by atoms with Crippen LogP contribution in [0.5, 0.6) is 0 Å². The van der Waals surface area contributed by atoms with Crippen LogP contribution < -0.4 is 5.43 Å². The highest BCUT2D eigenvalue weighted by Gasteiger charge is 2.12. The van der Waals surface area contributed by atoms with E-state index in [4.69, 9.17) is 0 Å². The molecule has 0 saturated carbocycles. The van der Waals surface area contributed by atoms with Crippen LogP contribution >= 0.6 is 0 Å². The first-order chi connectivity index (χ1) is 7.56. The monoisotopic (exact) mass is 240 g/mol. The van der Waals surface area contributed by atoms with E-state index in [1.165, 1.54) is 0 Å². The van der Waals surface area contributed by atoms with Gasteiger partial charge in [-0.15, -0.1) is 0 Å². The molecule has 0 atom stereocenters. The van der Waals surface area contributed by atoms with Crippen LogP contribution in [-0.4, -0.2) is 26.9 Å². The fraction of sp³-hybridized carbons (Fsp3) is 0.364. The number of nitrogens with zero attached hydrogens (tertiary/aromatic N) is 1. The standard InChI is InChI=1S/C11H16N2O2S/c1-3-12-13-8-9-16(14,15)11-6-4-10(2)5-7-11/h3-7,13H,8-9H2,1-2H3/b12-3-. The van der Waals surface area contributed by atoms with Crippen LogP contribution in [0.3, 0.4) is 0 Å². The molecule has 0 amide bonds. The molecule has 0 unspecified atom stereocenters. The molecule has 1 rings (SSSR count). The van der Waals surface area contributed by atoms with Gasteiger partial charge in [0.05, 0.1) is 10.6 Å². The molecule has 0 aliphatic carbocycles. The second kappa shape index (κ2) is 5.65. The number of nitrogens with one attached hydrogen (secondary N) is 1. The SMILES string of the molecule is C/C=N\NCCS(=O)(=O)c1ccc(C)cc1. The Morgan fingerprint density at radius 2 is 1.94 bits per heavy atom. The van der Waals surface area contributed by atoms with E-state index < -0.39 is 9.84 Å². The van der Waals surface area contributed by atoms with E-state index in [9.17, 15) is 8.42 Å². The van der Waals surface area contributed by atoms with Gasteiger partial charge in [0.2, 0.25) is 0 Å². The largest absolute Gasteiger partial charge is 0.309 e. The number of aryl methyl sites for hydroxylation is 1. The summed E-state index contributed by atoms with van der Waals surface area (Å²) in [5.41, 5.74) is 3.71. The highest BCUT2D eigenvalue weighted by atomic mass is 32.2. The van der Waals surface area contributed by atoms with E-state index in [1.54, 1.807) is 37.4 Å². The highest BCUT2D eigenvalue weighted by Crippen LogP contribution is 2.11. The van der Waals surface area contributed by atoms with Gasteiger partial charge in [0.1, 0.15) is 0 Å². The van der Waals surface area contributed by atoms with Crippen molar-refractivity contribution in [2.45, 2.75) is 18.7 Å². The first kappa shape index (κ1) is 12.7. The third kappa shape index (κ3) is 3.66. The van der Waals surface area contributed by atoms with E-state index in [-0.39, 0.29) is 5.75 Å². The molecular weight excluding hydrogens is 224 g/mol. The number of hydrogen-bond donors (Lipinski definition) is 1. The summed E-state index contributed by atoms with van der Waals surface area (Å²) in [5.74, 6) is 0.0490. The van der Waals surface area contributed by atoms with Crippen molar-refractivity contribution in [3.8, 4) is 0 Å². The summed E-state index contributed by atoms with van der Waals surface area (Å²) in [4.78, 5) is 0.361.